The number of hydrogen-bond acceptors (Lipinski definition) is 6. The smallest absolute Gasteiger partial charge is 0.325 e. The van der Waals surface area contributed by atoms with Crippen molar-refractivity contribution in [1.29, 1.82) is 0 Å². The van der Waals surface area contributed by atoms with Crippen molar-refractivity contribution in [1.82, 2.24) is 15.1 Å². The summed E-state index contributed by atoms with van der Waals surface area (Å²) in [5.74, 6) is 1.04. The predicted molar refractivity (Wildman–Crippen MR) is 132 cm³/mol. The normalized spacial score (nSPS) is 18.8. The summed E-state index contributed by atoms with van der Waals surface area (Å²) in [4.78, 5) is 41.5. The minimum atomic E-state index is -1.31. The number of likely N-dealkylation sites (N-methyl/N-ethyl adjacent to an activating group) is 1. The number of carbonyl (C=O) groups is 3. The molecule has 0 aliphatic carbocycles. The van der Waals surface area contributed by atoms with Gasteiger partial charge >= 0.3 is 6.03 Å². The molecule has 5 rings (SSSR count). The van der Waals surface area contributed by atoms with Crippen LogP contribution in [0.3, 0.4) is 0 Å². The Morgan fingerprint density at radius 2 is 1.75 bits per heavy atom. The van der Waals surface area contributed by atoms with Crippen molar-refractivity contribution in [2.45, 2.75) is 19.0 Å². The number of nitrogens with zero attached hydrogens (tertiary/aromatic N) is 2. The first kappa shape index (κ1) is 23.5. The molecule has 9 nitrogen and oxygen atoms in total. The lowest BCUT2D eigenvalue weighted by molar-refractivity contribution is -0.138. The summed E-state index contributed by atoms with van der Waals surface area (Å²) in [5, 5.41) is 4.80. The molecule has 2 aliphatic rings. The number of rotatable bonds is 6. The topological polar surface area (TPSA) is 97.4 Å². The number of fused-ring (bicyclic) bond motifs is 2. The minimum Gasteiger partial charge on any atom is -0.497 e. The van der Waals surface area contributed by atoms with Gasteiger partial charge in [-0.15, -0.1) is 0 Å². The van der Waals surface area contributed by atoms with Gasteiger partial charge in [0.15, 0.2) is 11.5 Å². The van der Waals surface area contributed by atoms with Gasteiger partial charge in [0.05, 0.1) is 7.11 Å². The van der Waals surface area contributed by atoms with E-state index in [4.69, 9.17) is 14.2 Å². The molecule has 4 amide bonds. The Morgan fingerprint density at radius 3 is 2.53 bits per heavy atom. The van der Waals surface area contributed by atoms with Gasteiger partial charge in [-0.05, 0) is 59.2 Å². The zero-order valence-corrected chi connectivity index (χ0v) is 20.4. The number of amides is 4. The Labute approximate surface area is 208 Å². The van der Waals surface area contributed by atoms with Crippen molar-refractivity contribution in [2.75, 3.05) is 33.9 Å². The molecule has 2 aliphatic heterocycles. The maximum absolute atomic E-state index is 13.3. The lowest BCUT2D eigenvalue weighted by Crippen LogP contribution is -2.43. The number of urea groups is 1. The van der Waals surface area contributed by atoms with Crippen molar-refractivity contribution in [3.05, 3.63) is 65.7 Å². The van der Waals surface area contributed by atoms with Crippen molar-refractivity contribution in [2.24, 2.45) is 0 Å². The molecule has 36 heavy (non-hydrogen) atoms. The number of methoxy groups -OCH3 is 1. The zero-order chi connectivity index (χ0) is 25.4. The highest BCUT2D eigenvalue weighted by Gasteiger charge is 2.50. The second-order valence-electron chi connectivity index (χ2n) is 9.10. The summed E-state index contributed by atoms with van der Waals surface area (Å²) in [5.41, 5.74) is 0.175. The maximum atomic E-state index is 13.3. The number of hydrogen-bond donors (Lipinski definition) is 1. The van der Waals surface area contributed by atoms with E-state index >= 15 is 0 Å². The highest BCUT2D eigenvalue weighted by molar-refractivity contribution is 6.09. The lowest BCUT2D eigenvalue weighted by atomic mass is 9.91. The van der Waals surface area contributed by atoms with Crippen LogP contribution >= 0.6 is 0 Å². The van der Waals surface area contributed by atoms with Gasteiger partial charge in [0.1, 0.15) is 31.0 Å². The summed E-state index contributed by atoms with van der Waals surface area (Å²) < 4.78 is 16.4. The van der Waals surface area contributed by atoms with Crippen molar-refractivity contribution in [3.63, 3.8) is 0 Å². The molecule has 3 aromatic carbocycles. The third-order valence-electron chi connectivity index (χ3n) is 6.65. The van der Waals surface area contributed by atoms with E-state index in [1.165, 1.54) is 4.90 Å². The van der Waals surface area contributed by atoms with Gasteiger partial charge in [-0.25, -0.2) is 4.79 Å². The highest BCUT2D eigenvalue weighted by atomic mass is 16.6. The Balaban J connectivity index is 1.28. The van der Waals surface area contributed by atoms with Gasteiger partial charge < -0.3 is 24.4 Å². The first-order chi connectivity index (χ1) is 17.3. The van der Waals surface area contributed by atoms with Crippen LogP contribution in [0.2, 0.25) is 0 Å². The summed E-state index contributed by atoms with van der Waals surface area (Å²) in [7, 11) is 3.28. The number of benzene rings is 3. The van der Waals surface area contributed by atoms with E-state index < -0.39 is 17.5 Å². The molecule has 1 atom stereocenters. The second-order valence-corrected chi connectivity index (χ2v) is 9.10. The average molecular weight is 490 g/mol. The van der Waals surface area contributed by atoms with Crippen LogP contribution in [0, 0.1) is 0 Å². The Morgan fingerprint density at radius 1 is 1.03 bits per heavy atom. The van der Waals surface area contributed by atoms with Gasteiger partial charge in [0.25, 0.3) is 5.91 Å². The zero-order valence-electron chi connectivity index (χ0n) is 20.4. The molecule has 0 saturated carbocycles. The second kappa shape index (κ2) is 9.07. The van der Waals surface area contributed by atoms with E-state index in [1.54, 1.807) is 39.3 Å². The molecular weight excluding hydrogens is 462 g/mol. The van der Waals surface area contributed by atoms with Crippen LogP contribution in [0.25, 0.3) is 10.8 Å². The summed E-state index contributed by atoms with van der Waals surface area (Å²) in [6.07, 6.45) is 0. The molecular formula is C27H27N3O6. The third kappa shape index (κ3) is 4.17. The number of nitrogens with one attached hydrogen (secondary N) is 1. The van der Waals surface area contributed by atoms with Crippen LogP contribution in [0.15, 0.2) is 54.6 Å². The van der Waals surface area contributed by atoms with Gasteiger partial charge in [-0.2, -0.15) is 0 Å². The van der Waals surface area contributed by atoms with Gasteiger partial charge in [0.2, 0.25) is 5.91 Å². The Bertz CT molecular complexity index is 1370. The molecule has 1 fully saturated rings. The van der Waals surface area contributed by atoms with Crippen LogP contribution in [-0.4, -0.2) is 61.6 Å². The van der Waals surface area contributed by atoms with Gasteiger partial charge in [-0.3, -0.25) is 14.5 Å². The number of ether oxygens (including phenoxy) is 3. The largest absolute Gasteiger partial charge is 0.497 e. The quantitative estimate of drug-likeness (QED) is 0.535. The van der Waals surface area contributed by atoms with Crippen molar-refractivity contribution >= 4 is 28.6 Å². The molecule has 2 heterocycles. The fraction of sp³-hybridized carbons (Fsp3) is 0.296. The van der Waals surface area contributed by atoms with E-state index in [2.05, 4.69) is 5.32 Å². The first-order valence-corrected chi connectivity index (χ1v) is 11.6. The molecule has 1 N–H and O–H groups in total. The van der Waals surface area contributed by atoms with Crippen molar-refractivity contribution in [3.8, 4) is 17.2 Å². The minimum absolute atomic E-state index is 0.337. The number of imide groups is 1. The molecule has 1 saturated heterocycles. The van der Waals surface area contributed by atoms with Crippen LogP contribution in [0.5, 0.6) is 17.2 Å². The molecule has 0 unspecified atom stereocenters. The lowest BCUT2D eigenvalue weighted by Gasteiger charge is -2.25. The highest BCUT2D eigenvalue weighted by Crippen LogP contribution is 2.36. The van der Waals surface area contributed by atoms with Crippen molar-refractivity contribution < 1.29 is 28.6 Å². The monoisotopic (exact) mass is 489 g/mol. The summed E-state index contributed by atoms with van der Waals surface area (Å²) >= 11 is 0. The SMILES string of the molecule is COc1ccc2cc(CN(C)C(=O)CN3C(=O)N[C@](C)(c4ccc5c(c4)OCCO5)C3=O)ccc2c1. The maximum Gasteiger partial charge on any atom is 0.325 e. The molecule has 0 radical (unpaired) electrons. The van der Waals surface area contributed by atoms with E-state index in [0.717, 1.165) is 27.0 Å². The molecule has 0 spiro atoms. The van der Waals surface area contributed by atoms with Crippen LogP contribution < -0.4 is 19.5 Å². The van der Waals surface area contributed by atoms with E-state index in [0.29, 0.717) is 36.8 Å². The molecule has 3 aromatic rings. The van der Waals surface area contributed by atoms with Crippen LogP contribution in [0.4, 0.5) is 4.79 Å². The van der Waals surface area contributed by atoms with E-state index in [1.807, 2.05) is 36.4 Å². The van der Waals surface area contributed by atoms with E-state index in [9.17, 15) is 14.4 Å². The fourth-order valence-electron chi connectivity index (χ4n) is 4.51. The number of carbonyl (C=O) groups excluding carboxylic acids is 3. The van der Waals surface area contributed by atoms with E-state index in [-0.39, 0.29) is 12.5 Å². The average Bonchev–Trinajstić information content (AvgIpc) is 3.11. The Kier molecular flexibility index (Phi) is 5.91. The standard InChI is InChI=1S/C27H27N3O6/c1-27(20-7-9-22-23(14-20)36-11-10-35-22)25(32)30(26(33)28-27)16-24(31)29(2)15-17-4-5-19-13-21(34-3)8-6-18(19)12-17/h4-9,12-14H,10-11,15-16H2,1-3H3,(H,28,33)/t27-/m1/s1. The third-order valence-corrected chi connectivity index (χ3v) is 6.65. The van der Waals surface area contributed by atoms with Gasteiger partial charge in [0, 0.05) is 13.6 Å². The molecule has 186 valence electrons. The predicted octanol–water partition coefficient (Wildman–Crippen LogP) is 3.05. The van der Waals surface area contributed by atoms with Gasteiger partial charge in [-0.1, -0.05) is 24.3 Å². The first-order valence-electron chi connectivity index (χ1n) is 11.6. The Hall–Kier alpha value is -4.27. The van der Waals surface area contributed by atoms with Crippen LogP contribution in [-0.2, 0) is 21.7 Å². The summed E-state index contributed by atoms with van der Waals surface area (Å²) in [6.45, 7) is 2.47. The molecule has 0 bridgehead atoms. The molecule has 9 heteroatoms. The summed E-state index contributed by atoms with van der Waals surface area (Å²) in [6, 6.07) is 16.2. The molecule has 0 aromatic heterocycles. The fourth-order valence-corrected chi connectivity index (χ4v) is 4.51. The van der Waals surface area contributed by atoms with Crippen LogP contribution in [0.1, 0.15) is 18.1 Å².